The van der Waals surface area contributed by atoms with Crippen LogP contribution in [0.25, 0.3) is 0 Å². The minimum Gasteiger partial charge on any atom is -0.414 e. The SMILES string of the molecule is CO[C@H]1O[C@H](CO[Si](C)(C)C(C)(C)C)[C@]2(COC(c3ccccc3)O2)[C@@H]1O. The Morgan fingerprint density at radius 1 is 1.22 bits per heavy atom. The summed E-state index contributed by atoms with van der Waals surface area (Å²) in [5, 5.41) is 10.9. The van der Waals surface area contributed by atoms with E-state index in [1.54, 1.807) is 0 Å². The summed E-state index contributed by atoms with van der Waals surface area (Å²) >= 11 is 0. The summed E-state index contributed by atoms with van der Waals surface area (Å²) in [5.41, 5.74) is -0.102. The highest BCUT2D eigenvalue weighted by Crippen LogP contribution is 2.45. The summed E-state index contributed by atoms with van der Waals surface area (Å²) in [5.74, 6) is 0. The van der Waals surface area contributed by atoms with Gasteiger partial charge in [-0.25, -0.2) is 0 Å². The molecule has 1 aromatic carbocycles. The molecule has 0 amide bonds. The second-order valence-electron chi connectivity index (χ2n) is 8.87. The highest BCUT2D eigenvalue weighted by atomic mass is 28.4. The Labute approximate surface area is 162 Å². The minimum atomic E-state index is -1.97. The predicted octanol–water partition coefficient (Wildman–Crippen LogP) is 3.22. The molecule has 2 saturated heterocycles. The number of rotatable bonds is 5. The number of ether oxygens (including phenoxy) is 4. The lowest BCUT2D eigenvalue weighted by Gasteiger charge is -2.38. The summed E-state index contributed by atoms with van der Waals surface area (Å²) in [6.45, 7) is 11.5. The van der Waals surface area contributed by atoms with Gasteiger partial charge in [-0.1, -0.05) is 51.1 Å². The van der Waals surface area contributed by atoms with Crippen LogP contribution in [0.3, 0.4) is 0 Å². The molecule has 3 rings (SSSR count). The molecule has 0 bridgehead atoms. The van der Waals surface area contributed by atoms with E-state index in [1.807, 2.05) is 30.3 Å². The zero-order valence-corrected chi connectivity index (χ0v) is 18.1. The quantitative estimate of drug-likeness (QED) is 0.771. The van der Waals surface area contributed by atoms with E-state index in [1.165, 1.54) is 7.11 Å². The van der Waals surface area contributed by atoms with Crippen LogP contribution in [0, 0.1) is 0 Å². The third-order valence-electron chi connectivity index (χ3n) is 6.09. The van der Waals surface area contributed by atoms with Crippen molar-refractivity contribution in [3.8, 4) is 0 Å². The Balaban J connectivity index is 1.79. The van der Waals surface area contributed by atoms with E-state index in [0.29, 0.717) is 6.61 Å². The van der Waals surface area contributed by atoms with Gasteiger partial charge in [0, 0.05) is 12.7 Å². The fourth-order valence-corrected chi connectivity index (χ4v) is 4.21. The number of aliphatic hydroxyl groups is 1. The topological polar surface area (TPSA) is 66.4 Å². The third-order valence-corrected chi connectivity index (χ3v) is 10.6. The van der Waals surface area contributed by atoms with Crippen LogP contribution < -0.4 is 0 Å². The molecule has 1 unspecified atom stereocenters. The number of methoxy groups -OCH3 is 1. The minimum absolute atomic E-state index is 0.0810. The van der Waals surface area contributed by atoms with Gasteiger partial charge >= 0.3 is 0 Å². The molecule has 1 N–H and O–H groups in total. The summed E-state index contributed by atoms with van der Waals surface area (Å²) in [6.07, 6.45) is -2.74. The van der Waals surface area contributed by atoms with Gasteiger partial charge in [-0.2, -0.15) is 0 Å². The molecule has 27 heavy (non-hydrogen) atoms. The summed E-state index contributed by atoms with van der Waals surface area (Å²) < 4.78 is 29.8. The van der Waals surface area contributed by atoms with Gasteiger partial charge in [0.25, 0.3) is 0 Å². The van der Waals surface area contributed by atoms with Crippen LogP contribution in [0.2, 0.25) is 18.1 Å². The fraction of sp³-hybridized carbons (Fsp3) is 0.700. The van der Waals surface area contributed by atoms with Crippen LogP contribution in [0.15, 0.2) is 30.3 Å². The van der Waals surface area contributed by atoms with E-state index in [0.717, 1.165) is 5.56 Å². The Bertz CT molecular complexity index is 631. The maximum absolute atomic E-state index is 10.9. The van der Waals surface area contributed by atoms with E-state index in [4.69, 9.17) is 23.4 Å². The molecule has 2 heterocycles. The molecule has 5 atom stereocenters. The molecule has 0 radical (unpaired) electrons. The zero-order chi connectivity index (χ0) is 19.9. The molecule has 2 fully saturated rings. The van der Waals surface area contributed by atoms with E-state index in [2.05, 4.69) is 33.9 Å². The van der Waals surface area contributed by atoms with Gasteiger partial charge in [0.05, 0.1) is 13.2 Å². The molecule has 1 spiro atoms. The first-order chi connectivity index (χ1) is 12.6. The normalized spacial score (nSPS) is 34.5. The summed E-state index contributed by atoms with van der Waals surface area (Å²) in [4.78, 5) is 0. The van der Waals surface area contributed by atoms with Crippen molar-refractivity contribution in [3.05, 3.63) is 35.9 Å². The maximum atomic E-state index is 10.9. The first-order valence-electron chi connectivity index (χ1n) is 9.45. The van der Waals surface area contributed by atoms with Crippen molar-refractivity contribution in [2.45, 2.75) is 69.3 Å². The van der Waals surface area contributed by atoms with Crippen molar-refractivity contribution in [3.63, 3.8) is 0 Å². The largest absolute Gasteiger partial charge is 0.414 e. The fourth-order valence-electron chi connectivity index (χ4n) is 3.21. The van der Waals surface area contributed by atoms with E-state index in [9.17, 15) is 5.11 Å². The summed E-state index contributed by atoms with van der Waals surface area (Å²) in [6, 6.07) is 9.70. The van der Waals surface area contributed by atoms with E-state index in [-0.39, 0.29) is 11.6 Å². The smallest absolute Gasteiger partial charge is 0.192 e. The van der Waals surface area contributed by atoms with Gasteiger partial charge in [-0.15, -0.1) is 0 Å². The lowest BCUT2D eigenvalue weighted by Crippen LogP contribution is -2.53. The van der Waals surface area contributed by atoms with Crippen molar-refractivity contribution in [1.82, 2.24) is 0 Å². The summed E-state index contributed by atoms with van der Waals surface area (Å²) in [7, 11) is -0.457. The average molecular weight is 397 g/mol. The van der Waals surface area contributed by atoms with Crippen molar-refractivity contribution >= 4 is 8.32 Å². The molecule has 0 aliphatic carbocycles. The van der Waals surface area contributed by atoms with Crippen molar-refractivity contribution < 1.29 is 28.5 Å². The Hall–Kier alpha value is -0.803. The zero-order valence-electron chi connectivity index (χ0n) is 17.1. The van der Waals surface area contributed by atoms with Crippen LogP contribution >= 0.6 is 0 Å². The maximum Gasteiger partial charge on any atom is 0.192 e. The van der Waals surface area contributed by atoms with Gasteiger partial charge in [0.1, 0.15) is 12.2 Å². The van der Waals surface area contributed by atoms with E-state index < -0.39 is 38.7 Å². The van der Waals surface area contributed by atoms with Crippen molar-refractivity contribution in [2.24, 2.45) is 0 Å². The molecule has 2 aliphatic rings. The highest BCUT2D eigenvalue weighted by Gasteiger charge is 2.62. The molecule has 6 nitrogen and oxygen atoms in total. The molecule has 7 heteroatoms. The Morgan fingerprint density at radius 3 is 2.48 bits per heavy atom. The second-order valence-corrected chi connectivity index (χ2v) is 13.7. The third kappa shape index (κ3) is 3.87. The molecule has 1 aromatic rings. The molecule has 152 valence electrons. The predicted molar refractivity (Wildman–Crippen MR) is 104 cm³/mol. The van der Waals surface area contributed by atoms with Crippen LogP contribution in [0.1, 0.15) is 32.6 Å². The van der Waals surface area contributed by atoms with Crippen LogP contribution in [-0.2, 0) is 23.4 Å². The Kier molecular flexibility index (Phi) is 5.85. The molecule has 2 aliphatic heterocycles. The Morgan fingerprint density at radius 2 is 1.89 bits per heavy atom. The second kappa shape index (κ2) is 7.55. The molecular formula is C20H32O6Si. The number of aliphatic hydroxyl groups excluding tert-OH is 1. The molecule has 0 aromatic heterocycles. The van der Waals surface area contributed by atoms with Gasteiger partial charge in [0.15, 0.2) is 26.5 Å². The first-order valence-corrected chi connectivity index (χ1v) is 12.4. The lowest BCUT2D eigenvalue weighted by molar-refractivity contribution is -0.153. The van der Waals surface area contributed by atoms with Gasteiger partial charge in [0.2, 0.25) is 0 Å². The van der Waals surface area contributed by atoms with Crippen LogP contribution in [-0.4, -0.2) is 57.8 Å². The van der Waals surface area contributed by atoms with Gasteiger partial charge in [-0.05, 0) is 18.1 Å². The molecule has 0 saturated carbocycles. The van der Waals surface area contributed by atoms with Gasteiger partial charge < -0.3 is 28.5 Å². The monoisotopic (exact) mass is 396 g/mol. The van der Waals surface area contributed by atoms with Gasteiger partial charge in [-0.3, -0.25) is 0 Å². The standard InChI is InChI=1S/C20H32O6Si/c1-19(2,3)27(5,6)24-12-15-20(16(21)18(22-4)25-15)13-23-17(26-20)14-10-8-7-9-11-14/h7-11,15-18,21H,12-13H2,1-6H3/t15-,16-,17?,18+,20-/m1/s1. The highest BCUT2D eigenvalue weighted by molar-refractivity contribution is 6.74. The van der Waals surface area contributed by atoms with Crippen molar-refractivity contribution in [2.75, 3.05) is 20.3 Å². The number of hydrogen-bond acceptors (Lipinski definition) is 6. The first kappa shape index (κ1) is 20.9. The van der Waals surface area contributed by atoms with Crippen molar-refractivity contribution in [1.29, 1.82) is 0 Å². The van der Waals surface area contributed by atoms with Crippen LogP contribution in [0.4, 0.5) is 0 Å². The van der Waals surface area contributed by atoms with E-state index >= 15 is 0 Å². The number of benzene rings is 1. The van der Waals surface area contributed by atoms with Crippen LogP contribution in [0.5, 0.6) is 0 Å². The average Bonchev–Trinajstić information content (AvgIpc) is 3.17. The molecular weight excluding hydrogens is 364 g/mol. The lowest BCUT2D eigenvalue weighted by atomic mass is 9.94. The number of hydrogen-bond donors (Lipinski definition) is 1.